The summed E-state index contributed by atoms with van der Waals surface area (Å²) in [5, 5.41) is 4.32. The molecule has 0 aromatic heterocycles. The number of ether oxygens (including phenoxy) is 1. The number of carbonyl (C=O) groups is 1. The molecule has 0 bridgehead atoms. The van der Waals surface area contributed by atoms with Crippen LogP contribution < -0.4 is 5.32 Å². The molecule has 3 nitrogen and oxygen atoms in total. The summed E-state index contributed by atoms with van der Waals surface area (Å²) in [7, 11) is 1.40. The maximum absolute atomic E-state index is 12.0. The molecule has 1 aromatic carbocycles. The van der Waals surface area contributed by atoms with Crippen LogP contribution in [0.1, 0.15) is 43.7 Å². The Balaban J connectivity index is 2.17. The molecule has 110 valence electrons. The van der Waals surface area contributed by atoms with Gasteiger partial charge in [-0.25, -0.2) is 4.79 Å². The highest BCUT2D eigenvalue weighted by Gasteiger charge is 2.26. The molecule has 20 heavy (non-hydrogen) atoms. The Morgan fingerprint density at radius 2 is 1.95 bits per heavy atom. The Morgan fingerprint density at radius 1 is 1.25 bits per heavy atom. The van der Waals surface area contributed by atoms with E-state index >= 15 is 0 Å². The van der Waals surface area contributed by atoms with Crippen molar-refractivity contribution >= 4 is 29.2 Å². The Kier molecular flexibility index (Phi) is 5.70. The van der Waals surface area contributed by atoms with Crippen LogP contribution in [0.5, 0.6) is 0 Å². The fourth-order valence-electron chi connectivity index (χ4n) is 2.62. The van der Waals surface area contributed by atoms with Crippen LogP contribution in [0.4, 0.5) is 0 Å². The lowest BCUT2D eigenvalue weighted by atomic mass is 9.94. The maximum Gasteiger partial charge on any atom is 0.327 e. The van der Waals surface area contributed by atoms with Gasteiger partial charge in [0, 0.05) is 6.04 Å². The van der Waals surface area contributed by atoms with Gasteiger partial charge in [0.05, 0.1) is 17.2 Å². The van der Waals surface area contributed by atoms with Gasteiger partial charge in [0.2, 0.25) is 0 Å². The van der Waals surface area contributed by atoms with E-state index in [1.54, 1.807) is 12.1 Å². The number of hydrogen-bond acceptors (Lipinski definition) is 3. The standard InChI is InChI=1S/C15H19Cl2NO2/c1-20-15(19)14(18-11-5-3-2-4-6-11)10-7-8-12(16)13(17)9-10/h7-9,11,14,18H,2-6H2,1H3. The number of benzene rings is 1. The van der Waals surface area contributed by atoms with Crippen molar-refractivity contribution in [3.05, 3.63) is 33.8 Å². The highest BCUT2D eigenvalue weighted by Crippen LogP contribution is 2.28. The van der Waals surface area contributed by atoms with Gasteiger partial charge in [0.15, 0.2) is 0 Å². The van der Waals surface area contributed by atoms with Gasteiger partial charge in [-0.3, -0.25) is 5.32 Å². The molecule has 1 aromatic rings. The summed E-state index contributed by atoms with van der Waals surface area (Å²) < 4.78 is 4.90. The third-order valence-corrected chi connectivity index (χ3v) is 4.46. The minimum atomic E-state index is -0.488. The Hall–Kier alpha value is -0.770. The van der Waals surface area contributed by atoms with Gasteiger partial charge in [-0.05, 0) is 30.5 Å². The number of carbonyl (C=O) groups excluding carboxylic acids is 1. The number of nitrogens with one attached hydrogen (secondary N) is 1. The monoisotopic (exact) mass is 315 g/mol. The van der Waals surface area contributed by atoms with Crippen molar-refractivity contribution in [3.8, 4) is 0 Å². The van der Waals surface area contributed by atoms with Crippen LogP contribution in [0.25, 0.3) is 0 Å². The molecule has 1 N–H and O–H groups in total. The lowest BCUT2D eigenvalue weighted by Gasteiger charge is -2.27. The van der Waals surface area contributed by atoms with Crippen molar-refractivity contribution in [3.63, 3.8) is 0 Å². The predicted molar refractivity (Wildman–Crippen MR) is 81.2 cm³/mol. The fraction of sp³-hybridized carbons (Fsp3) is 0.533. The van der Waals surface area contributed by atoms with E-state index < -0.39 is 6.04 Å². The van der Waals surface area contributed by atoms with E-state index in [1.165, 1.54) is 26.4 Å². The van der Waals surface area contributed by atoms with E-state index in [2.05, 4.69) is 5.32 Å². The van der Waals surface area contributed by atoms with Crippen LogP contribution in [-0.2, 0) is 9.53 Å². The quantitative estimate of drug-likeness (QED) is 0.849. The Morgan fingerprint density at radius 3 is 2.55 bits per heavy atom. The van der Waals surface area contributed by atoms with E-state index in [-0.39, 0.29) is 5.97 Å². The molecule has 0 heterocycles. The van der Waals surface area contributed by atoms with Gasteiger partial charge >= 0.3 is 5.97 Å². The minimum Gasteiger partial charge on any atom is -0.468 e. The normalized spacial score (nSPS) is 17.8. The first kappa shape index (κ1) is 15.6. The molecule has 2 rings (SSSR count). The Bertz CT molecular complexity index is 473. The molecule has 0 amide bonds. The van der Waals surface area contributed by atoms with Crippen LogP contribution in [0.3, 0.4) is 0 Å². The van der Waals surface area contributed by atoms with Crippen molar-refractivity contribution < 1.29 is 9.53 Å². The maximum atomic E-state index is 12.0. The molecule has 1 fully saturated rings. The zero-order valence-electron chi connectivity index (χ0n) is 11.5. The molecule has 1 unspecified atom stereocenters. The second-order valence-electron chi connectivity index (χ2n) is 5.13. The molecule has 1 aliphatic carbocycles. The molecule has 5 heteroatoms. The van der Waals surface area contributed by atoms with Crippen LogP contribution in [-0.4, -0.2) is 19.1 Å². The first-order valence-electron chi connectivity index (χ1n) is 6.90. The average molecular weight is 316 g/mol. The fourth-order valence-corrected chi connectivity index (χ4v) is 2.92. The zero-order chi connectivity index (χ0) is 14.5. The van der Waals surface area contributed by atoms with Gasteiger partial charge < -0.3 is 4.74 Å². The highest BCUT2D eigenvalue weighted by atomic mass is 35.5. The second kappa shape index (κ2) is 7.30. The third-order valence-electron chi connectivity index (χ3n) is 3.72. The molecule has 1 atom stereocenters. The number of esters is 1. The summed E-state index contributed by atoms with van der Waals surface area (Å²) in [5.74, 6) is -0.297. The van der Waals surface area contributed by atoms with Gasteiger partial charge in [-0.2, -0.15) is 0 Å². The van der Waals surface area contributed by atoms with Crippen LogP contribution in [0, 0.1) is 0 Å². The summed E-state index contributed by atoms with van der Waals surface area (Å²) >= 11 is 12.0. The third kappa shape index (κ3) is 3.87. The van der Waals surface area contributed by atoms with Crippen molar-refractivity contribution in [2.75, 3.05) is 7.11 Å². The van der Waals surface area contributed by atoms with E-state index in [4.69, 9.17) is 27.9 Å². The summed E-state index contributed by atoms with van der Waals surface area (Å²) in [5.41, 5.74) is 0.789. The van der Waals surface area contributed by atoms with Crippen LogP contribution in [0.15, 0.2) is 18.2 Å². The van der Waals surface area contributed by atoms with Gasteiger partial charge in [-0.1, -0.05) is 48.5 Å². The van der Waals surface area contributed by atoms with Crippen molar-refractivity contribution in [1.29, 1.82) is 0 Å². The van der Waals surface area contributed by atoms with E-state index in [0.717, 1.165) is 18.4 Å². The van der Waals surface area contributed by atoms with Gasteiger partial charge in [-0.15, -0.1) is 0 Å². The first-order chi connectivity index (χ1) is 9.61. The van der Waals surface area contributed by atoms with Crippen molar-refractivity contribution in [2.45, 2.75) is 44.2 Å². The first-order valence-corrected chi connectivity index (χ1v) is 7.66. The minimum absolute atomic E-state index is 0.297. The molecule has 0 radical (unpaired) electrons. The second-order valence-corrected chi connectivity index (χ2v) is 5.95. The summed E-state index contributed by atoms with van der Waals surface area (Å²) in [6.45, 7) is 0. The van der Waals surface area contributed by atoms with Crippen molar-refractivity contribution in [2.24, 2.45) is 0 Å². The van der Waals surface area contributed by atoms with E-state index in [1.807, 2.05) is 6.07 Å². The summed E-state index contributed by atoms with van der Waals surface area (Å²) in [4.78, 5) is 12.0. The van der Waals surface area contributed by atoms with E-state index in [0.29, 0.717) is 16.1 Å². The SMILES string of the molecule is COC(=O)C(NC1CCCCC1)c1ccc(Cl)c(Cl)c1. The van der Waals surface area contributed by atoms with E-state index in [9.17, 15) is 4.79 Å². The van der Waals surface area contributed by atoms with Crippen molar-refractivity contribution in [1.82, 2.24) is 5.32 Å². The number of hydrogen-bond donors (Lipinski definition) is 1. The molecule has 1 saturated carbocycles. The summed E-state index contributed by atoms with van der Waals surface area (Å²) in [6, 6.07) is 5.10. The molecule has 0 saturated heterocycles. The van der Waals surface area contributed by atoms with Crippen LogP contribution >= 0.6 is 23.2 Å². The smallest absolute Gasteiger partial charge is 0.327 e. The molecule has 1 aliphatic rings. The molecule has 0 aliphatic heterocycles. The summed E-state index contributed by atoms with van der Waals surface area (Å²) in [6.07, 6.45) is 5.86. The Labute approximate surface area is 129 Å². The average Bonchev–Trinajstić information content (AvgIpc) is 2.48. The lowest BCUT2D eigenvalue weighted by molar-refractivity contribution is -0.143. The molecule has 0 spiro atoms. The topological polar surface area (TPSA) is 38.3 Å². The number of methoxy groups -OCH3 is 1. The van der Waals surface area contributed by atoms with Gasteiger partial charge in [0.25, 0.3) is 0 Å². The van der Waals surface area contributed by atoms with Crippen LogP contribution in [0.2, 0.25) is 10.0 Å². The highest BCUT2D eigenvalue weighted by molar-refractivity contribution is 6.42. The molecular weight excluding hydrogens is 297 g/mol. The predicted octanol–water partition coefficient (Wildman–Crippen LogP) is 4.13. The zero-order valence-corrected chi connectivity index (χ0v) is 13.0. The molecular formula is C15H19Cl2NO2. The largest absolute Gasteiger partial charge is 0.468 e. The number of rotatable bonds is 4. The van der Waals surface area contributed by atoms with Gasteiger partial charge in [0.1, 0.15) is 6.04 Å². The lowest BCUT2D eigenvalue weighted by Crippen LogP contribution is -2.38. The number of halogens is 2.